The predicted octanol–water partition coefficient (Wildman–Crippen LogP) is 2.42. The zero-order chi connectivity index (χ0) is 28.2. The zero-order valence-electron chi connectivity index (χ0n) is 21.8. The molecule has 206 valence electrons. The van der Waals surface area contributed by atoms with Crippen LogP contribution >= 0.6 is 0 Å². The summed E-state index contributed by atoms with van der Waals surface area (Å²) in [5.41, 5.74) is 0.907. The highest BCUT2D eigenvalue weighted by atomic mass is 16.5. The monoisotopic (exact) mass is 545 g/mol. The Labute approximate surface area is 229 Å². The molecule has 1 unspecified atom stereocenters. The normalized spacial score (nSPS) is 17.7. The first-order valence-electron chi connectivity index (χ1n) is 12.7. The van der Waals surface area contributed by atoms with Crippen LogP contribution in [0.25, 0.3) is 0 Å². The highest BCUT2D eigenvalue weighted by Crippen LogP contribution is 2.27. The first-order chi connectivity index (χ1) is 19.4. The number of ether oxygens (including phenoxy) is 2. The Balaban J connectivity index is 1.15. The highest BCUT2D eigenvalue weighted by molar-refractivity contribution is 6.22. The molecule has 2 fully saturated rings. The van der Waals surface area contributed by atoms with Gasteiger partial charge in [0.05, 0.1) is 37.1 Å². The molecule has 40 heavy (non-hydrogen) atoms. The topological polar surface area (TPSA) is 127 Å². The molecule has 2 saturated heterocycles. The highest BCUT2D eigenvalue weighted by Gasteiger charge is 2.43. The van der Waals surface area contributed by atoms with Gasteiger partial charge in [-0.2, -0.15) is 0 Å². The van der Waals surface area contributed by atoms with Gasteiger partial charge in [-0.3, -0.25) is 24.1 Å². The van der Waals surface area contributed by atoms with Crippen LogP contribution in [0.15, 0.2) is 71.3 Å². The summed E-state index contributed by atoms with van der Waals surface area (Å²) in [6.07, 6.45) is 1.48. The molecule has 3 aromatic rings. The fraction of sp³-hybridized carbons (Fsp3) is 0.276. The van der Waals surface area contributed by atoms with Crippen molar-refractivity contribution >= 4 is 35.2 Å². The van der Waals surface area contributed by atoms with Crippen LogP contribution in [0.4, 0.5) is 5.69 Å². The van der Waals surface area contributed by atoms with Gasteiger partial charge in [-0.15, -0.1) is 0 Å². The molecule has 0 radical (unpaired) electrons. The van der Waals surface area contributed by atoms with E-state index in [2.05, 4.69) is 0 Å². The molecule has 0 bridgehead atoms. The molecular weight excluding hydrogens is 518 g/mol. The summed E-state index contributed by atoms with van der Waals surface area (Å²) in [5.74, 6) is -1.09. The number of hydrogen-bond donors (Lipinski definition) is 0. The average Bonchev–Trinajstić information content (AvgIpc) is 3.63. The second-order valence-electron chi connectivity index (χ2n) is 9.37. The summed E-state index contributed by atoms with van der Waals surface area (Å²) in [4.78, 5) is 68.0. The van der Waals surface area contributed by atoms with Gasteiger partial charge < -0.3 is 18.8 Å². The van der Waals surface area contributed by atoms with E-state index in [1.165, 1.54) is 37.6 Å². The smallest absolute Gasteiger partial charge is 0.338 e. The molecule has 2 aliphatic rings. The van der Waals surface area contributed by atoms with E-state index in [-0.39, 0.29) is 41.2 Å². The second-order valence-corrected chi connectivity index (χ2v) is 9.37. The number of anilines is 1. The summed E-state index contributed by atoms with van der Waals surface area (Å²) >= 11 is 0. The molecule has 11 heteroatoms. The quantitative estimate of drug-likeness (QED) is 0.238. The van der Waals surface area contributed by atoms with Crippen LogP contribution in [0.2, 0.25) is 0 Å². The van der Waals surface area contributed by atoms with E-state index >= 15 is 0 Å². The molecule has 1 aromatic heterocycles. The Morgan fingerprint density at radius 3 is 2.20 bits per heavy atom. The van der Waals surface area contributed by atoms with Gasteiger partial charge in [-0.1, -0.05) is 0 Å². The van der Waals surface area contributed by atoms with Crippen molar-refractivity contribution in [2.24, 2.45) is 0 Å². The van der Waals surface area contributed by atoms with Crippen molar-refractivity contribution in [3.8, 4) is 5.75 Å². The molecule has 2 aliphatic heterocycles. The van der Waals surface area contributed by atoms with Crippen molar-refractivity contribution in [1.29, 1.82) is 0 Å². The van der Waals surface area contributed by atoms with Crippen molar-refractivity contribution in [3.05, 3.63) is 83.8 Å². The summed E-state index contributed by atoms with van der Waals surface area (Å²) in [5, 5.41) is 0. The Kier molecular flexibility index (Phi) is 7.74. The Morgan fingerprint density at radius 1 is 0.900 bits per heavy atom. The maximum atomic E-state index is 13.2. The molecule has 0 aliphatic carbocycles. The van der Waals surface area contributed by atoms with Crippen LogP contribution in [0, 0.1) is 0 Å². The van der Waals surface area contributed by atoms with Crippen molar-refractivity contribution in [2.75, 3.05) is 44.8 Å². The van der Waals surface area contributed by atoms with E-state index in [9.17, 15) is 24.0 Å². The number of methoxy groups -OCH3 is 1. The lowest BCUT2D eigenvalue weighted by Gasteiger charge is -2.36. The van der Waals surface area contributed by atoms with Crippen LogP contribution < -0.4 is 9.64 Å². The minimum Gasteiger partial charge on any atom is -0.497 e. The Morgan fingerprint density at radius 2 is 1.57 bits per heavy atom. The number of imide groups is 1. The lowest BCUT2D eigenvalue weighted by atomic mass is 10.1. The van der Waals surface area contributed by atoms with E-state index in [4.69, 9.17) is 13.9 Å². The number of Topliss-reactive ketones (excluding diaryl/α,β-unsaturated/α-hetero) is 1. The number of nitrogens with zero attached hydrogens (tertiary/aromatic N) is 3. The van der Waals surface area contributed by atoms with Gasteiger partial charge in [0.15, 0.2) is 18.2 Å². The molecular formula is C29H27N3O8. The summed E-state index contributed by atoms with van der Waals surface area (Å²) in [6, 6.07) is 15.0. The van der Waals surface area contributed by atoms with Crippen LogP contribution in [0.3, 0.4) is 0 Å². The Hall–Kier alpha value is -4.77. The number of carbonyl (C=O) groups excluding carboxylic acids is 5. The third kappa shape index (κ3) is 5.50. The largest absolute Gasteiger partial charge is 0.497 e. The molecule has 0 spiro atoms. The maximum absolute atomic E-state index is 13.2. The number of benzene rings is 2. The molecule has 2 aromatic carbocycles. The van der Waals surface area contributed by atoms with Crippen molar-refractivity contribution in [2.45, 2.75) is 12.5 Å². The van der Waals surface area contributed by atoms with Gasteiger partial charge in [-0.25, -0.2) is 9.69 Å². The van der Waals surface area contributed by atoms with Crippen LogP contribution in [0.1, 0.15) is 37.7 Å². The van der Waals surface area contributed by atoms with Crippen LogP contribution in [-0.4, -0.2) is 85.2 Å². The Bertz CT molecular complexity index is 1410. The molecule has 1 atom stereocenters. The first-order valence-corrected chi connectivity index (χ1v) is 12.7. The zero-order valence-corrected chi connectivity index (χ0v) is 21.8. The average molecular weight is 546 g/mol. The van der Waals surface area contributed by atoms with Gasteiger partial charge in [0.2, 0.25) is 5.91 Å². The number of esters is 1. The molecule has 3 amide bonds. The number of furan rings is 1. The number of hydrogen-bond acceptors (Lipinski definition) is 9. The number of piperazine rings is 1. The van der Waals surface area contributed by atoms with Crippen molar-refractivity contribution in [3.63, 3.8) is 0 Å². The summed E-state index contributed by atoms with van der Waals surface area (Å²) < 4.78 is 15.4. The third-order valence-electron chi connectivity index (χ3n) is 7.00. The van der Waals surface area contributed by atoms with E-state index in [1.54, 1.807) is 41.3 Å². The number of amides is 3. The fourth-order valence-corrected chi connectivity index (χ4v) is 4.79. The molecule has 11 nitrogen and oxygen atoms in total. The number of ketones is 1. The van der Waals surface area contributed by atoms with Gasteiger partial charge in [0, 0.05) is 31.7 Å². The predicted molar refractivity (Wildman–Crippen MR) is 141 cm³/mol. The lowest BCUT2D eigenvalue weighted by Crippen LogP contribution is -2.53. The molecule has 0 N–H and O–H groups in total. The SMILES string of the molecule is COc1ccc(C(=O)COC(=O)c2ccc(N3C(=O)CC(N4CCN(C(=O)c5ccco5)CC4)C3=O)cc2)cc1. The number of carbonyl (C=O) groups is 5. The van der Waals surface area contributed by atoms with E-state index in [1.807, 2.05) is 4.90 Å². The lowest BCUT2D eigenvalue weighted by molar-refractivity contribution is -0.123. The van der Waals surface area contributed by atoms with Crippen LogP contribution in [-0.2, 0) is 14.3 Å². The van der Waals surface area contributed by atoms with Gasteiger partial charge >= 0.3 is 5.97 Å². The fourth-order valence-electron chi connectivity index (χ4n) is 4.79. The van der Waals surface area contributed by atoms with Gasteiger partial charge in [0.1, 0.15) is 5.75 Å². The standard InChI is InChI=1S/C29H27N3O8/c1-38-22-10-6-19(7-11-22)24(33)18-40-29(37)20-4-8-21(9-5-20)32-26(34)17-23(27(32)35)30-12-14-31(15-13-30)28(36)25-3-2-16-39-25/h2-11,16,23H,12-15,17-18H2,1H3. The minimum absolute atomic E-state index is 0.0300. The first kappa shape index (κ1) is 26.8. The molecule has 0 saturated carbocycles. The van der Waals surface area contributed by atoms with Crippen molar-refractivity contribution < 1.29 is 37.9 Å². The maximum Gasteiger partial charge on any atom is 0.338 e. The summed E-state index contributed by atoms with van der Waals surface area (Å²) in [6.45, 7) is 1.29. The second kappa shape index (κ2) is 11.5. The van der Waals surface area contributed by atoms with Crippen LogP contribution in [0.5, 0.6) is 5.75 Å². The van der Waals surface area contributed by atoms with Crippen molar-refractivity contribution in [1.82, 2.24) is 9.80 Å². The van der Waals surface area contributed by atoms with Gasteiger partial charge in [-0.05, 0) is 60.7 Å². The molecule has 5 rings (SSSR count). The van der Waals surface area contributed by atoms with Gasteiger partial charge in [0.25, 0.3) is 11.8 Å². The minimum atomic E-state index is -0.702. The summed E-state index contributed by atoms with van der Waals surface area (Å²) in [7, 11) is 1.52. The third-order valence-corrected chi connectivity index (χ3v) is 7.00. The van der Waals surface area contributed by atoms with E-state index < -0.39 is 18.6 Å². The van der Waals surface area contributed by atoms with E-state index in [0.29, 0.717) is 43.2 Å². The van der Waals surface area contributed by atoms with E-state index in [0.717, 1.165) is 4.90 Å². The number of rotatable bonds is 8. The molecule has 3 heterocycles.